The van der Waals surface area contributed by atoms with Gasteiger partial charge in [0.1, 0.15) is 6.23 Å². The van der Waals surface area contributed by atoms with Crippen LogP contribution in [0.1, 0.15) is 20.8 Å². The van der Waals surface area contributed by atoms with Crippen molar-refractivity contribution in [3.05, 3.63) is 0 Å². The lowest BCUT2D eigenvalue weighted by molar-refractivity contribution is 0.0263. The Morgan fingerprint density at radius 2 is 1.94 bits per heavy atom. The maximum atomic E-state index is 5.27. The second-order valence-electron chi connectivity index (χ2n) is 5.38. The molecule has 0 aromatic heterocycles. The van der Waals surface area contributed by atoms with E-state index in [0.717, 1.165) is 32.7 Å². The molecule has 6 heteroatoms. The summed E-state index contributed by atoms with van der Waals surface area (Å²) in [6.45, 7) is 11.7. The Morgan fingerprint density at radius 1 is 1.29 bits per heavy atom. The fourth-order valence-electron chi connectivity index (χ4n) is 2.36. The lowest BCUT2D eigenvalue weighted by atomic mass is 10.2. The zero-order valence-electron chi connectivity index (χ0n) is 10.9. The van der Waals surface area contributed by atoms with Crippen LogP contribution in [0.4, 0.5) is 0 Å². The van der Waals surface area contributed by atoms with Crippen LogP contribution in [0.25, 0.3) is 0 Å². The molecule has 0 saturated carbocycles. The van der Waals surface area contributed by atoms with Crippen LogP contribution in [0.5, 0.6) is 0 Å². The van der Waals surface area contributed by atoms with E-state index in [-0.39, 0.29) is 17.3 Å². The van der Waals surface area contributed by atoms with Crippen LogP contribution >= 0.6 is 12.6 Å². The molecule has 0 bridgehead atoms. The standard InChI is InChI=1S/C11H24N4OS/c1-9-12-10(13-16-9)8-14-4-6-15(7-5-14)11(2,3)17/h9-10,12-13,17H,4-8H2,1-3H3. The molecule has 0 aromatic carbocycles. The van der Waals surface area contributed by atoms with Gasteiger partial charge in [0.15, 0.2) is 0 Å². The normalized spacial score (nSPS) is 33.2. The van der Waals surface area contributed by atoms with E-state index >= 15 is 0 Å². The molecule has 2 rings (SSSR count). The molecule has 2 saturated heterocycles. The molecule has 0 amide bonds. The molecule has 2 unspecified atom stereocenters. The zero-order valence-corrected chi connectivity index (χ0v) is 11.8. The van der Waals surface area contributed by atoms with E-state index < -0.39 is 0 Å². The molecule has 0 spiro atoms. The Labute approximate surface area is 109 Å². The Hall–Kier alpha value is 0.150. The van der Waals surface area contributed by atoms with Crippen LogP contribution in [-0.2, 0) is 4.84 Å². The fourth-order valence-corrected chi connectivity index (χ4v) is 2.56. The van der Waals surface area contributed by atoms with E-state index in [1.165, 1.54) is 0 Å². The van der Waals surface area contributed by atoms with Gasteiger partial charge in [-0.15, -0.1) is 0 Å². The summed E-state index contributed by atoms with van der Waals surface area (Å²) in [4.78, 5) is 10.1. The summed E-state index contributed by atoms with van der Waals surface area (Å²) < 4.78 is 0. The van der Waals surface area contributed by atoms with E-state index in [1.54, 1.807) is 0 Å². The third-order valence-corrected chi connectivity index (χ3v) is 3.69. The van der Waals surface area contributed by atoms with Gasteiger partial charge in [-0.3, -0.25) is 20.0 Å². The van der Waals surface area contributed by atoms with Gasteiger partial charge in [0.25, 0.3) is 0 Å². The predicted octanol–water partition coefficient (Wildman–Crippen LogP) is 0.0664. The monoisotopic (exact) mass is 260 g/mol. The molecule has 0 aromatic rings. The average Bonchev–Trinajstić information content (AvgIpc) is 2.63. The van der Waals surface area contributed by atoms with Crippen LogP contribution < -0.4 is 10.8 Å². The highest BCUT2D eigenvalue weighted by Gasteiger charge is 2.29. The largest absolute Gasteiger partial charge is 0.298 e. The van der Waals surface area contributed by atoms with Crippen molar-refractivity contribution in [2.24, 2.45) is 0 Å². The Kier molecular flexibility index (Phi) is 4.33. The van der Waals surface area contributed by atoms with Gasteiger partial charge >= 0.3 is 0 Å². The van der Waals surface area contributed by atoms with Crippen LogP contribution in [0.3, 0.4) is 0 Å². The first-order valence-corrected chi connectivity index (χ1v) is 6.77. The van der Waals surface area contributed by atoms with Gasteiger partial charge in [0, 0.05) is 32.7 Å². The third-order valence-electron chi connectivity index (χ3n) is 3.41. The number of hydroxylamine groups is 1. The predicted molar refractivity (Wildman–Crippen MR) is 71.7 cm³/mol. The second kappa shape index (κ2) is 5.42. The Bertz CT molecular complexity index is 250. The zero-order chi connectivity index (χ0) is 12.5. The van der Waals surface area contributed by atoms with E-state index in [2.05, 4.69) is 47.1 Å². The lowest BCUT2D eigenvalue weighted by Crippen LogP contribution is -2.55. The molecule has 5 nitrogen and oxygen atoms in total. The molecule has 2 atom stereocenters. The first kappa shape index (κ1) is 13.6. The van der Waals surface area contributed by atoms with Gasteiger partial charge < -0.3 is 0 Å². The minimum Gasteiger partial charge on any atom is -0.298 e. The highest BCUT2D eigenvalue weighted by Crippen LogP contribution is 2.20. The molecule has 0 aliphatic carbocycles. The molecule has 2 heterocycles. The Balaban J connectivity index is 1.72. The highest BCUT2D eigenvalue weighted by atomic mass is 32.1. The minimum atomic E-state index is -0.00638. The molecule has 0 radical (unpaired) electrons. The topological polar surface area (TPSA) is 39.8 Å². The van der Waals surface area contributed by atoms with Crippen molar-refractivity contribution in [2.75, 3.05) is 32.7 Å². The summed E-state index contributed by atoms with van der Waals surface area (Å²) in [5, 5.41) is 3.34. The van der Waals surface area contributed by atoms with Crippen molar-refractivity contribution >= 4 is 12.6 Å². The smallest absolute Gasteiger partial charge is 0.128 e. The van der Waals surface area contributed by atoms with Crippen LogP contribution in [0.2, 0.25) is 0 Å². The van der Waals surface area contributed by atoms with Crippen molar-refractivity contribution in [2.45, 2.75) is 38.0 Å². The number of nitrogens with one attached hydrogen (secondary N) is 2. The molecule has 17 heavy (non-hydrogen) atoms. The summed E-state index contributed by atoms with van der Waals surface area (Å²) in [5.41, 5.74) is 3.01. The first-order chi connectivity index (χ1) is 7.95. The summed E-state index contributed by atoms with van der Waals surface area (Å²) in [5.74, 6) is 0. The quantitative estimate of drug-likeness (QED) is 0.626. The number of hydrogen-bond donors (Lipinski definition) is 3. The van der Waals surface area contributed by atoms with Crippen molar-refractivity contribution in [1.29, 1.82) is 0 Å². The van der Waals surface area contributed by atoms with Gasteiger partial charge in [0.05, 0.1) is 11.0 Å². The molecular weight excluding hydrogens is 236 g/mol. The maximum Gasteiger partial charge on any atom is 0.128 e. The molecule has 100 valence electrons. The first-order valence-electron chi connectivity index (χ1n) is 6.32. The summed E-state index contributed by atoms with van der Waals surface area (Å²) >= 11 is 4.62. The summed E-state index contributed by atoms with van der Waals surface area (Å²) in [7, 11) is 0. The molecule has 2 fully saturated rings. The number of rotatable bonds is 3. The maximum absolute atomic E-state index is 5.27. The van der Waals surface area contributed by atoms with E-state index in [4.69, 9.17) is 4.84 Å². The second-order valence-corrected chi connectivity index (χ2v) is 6.47. The summed E-state index contributed by atoms with van der Waals surface area (Å²) in [6.07, 6.45) is 0.359. The lowest BCUT2D eigenvalue weighted by Gasteiger charge is -2.42. The number of hydrogen-bond acceptors (Lipinski definition) is 6. The SMILES string of the molecule is CC1NC(CN2CCN(C(C)(C)S)CC2)NO1. The molecule has 2 aliphatic rings. The summed E-state index contributed by atoms with van der Waals surface area (Å²) in [6, 6.07) is 0. The average molecular weight is 260 g/mol. The minimum absolute atomic E-state index is 0.00638. The molecule has 2 aliphatic heterocycles. The van der Waals surface area contributed by atoms with Crippen molar-refractivity contribution < 1.29 is 4.84 Å². The van der Waals surface area contributed by atoms with Gasteiger partial charge in [-0.25, -0.2) is 0 Å². The van der Waals surface area contributed by atoms with Crippen molar-refractivity contribution in [1.82, 2.24) is 20.6 Å². The van der Waals surface area contributed by atoms with Crippen molar-refractivity contribution in [3.8, 4) is 0 Å². The molecular formula is C11H24N4OS. The van der Waals surface area contributed by atoms with Crippen LogP contribution in [0, 0.1) is 0 Å². The van der Waals surface area contributed by atoms with Crippen LogP contribution in [-0.4, -0.2) is 59.8 Å². The number of nitrogens with zero attached hydrogens (tertiary/aromatic N) is 2. The highest BCUT2D eigenvalue weighted by molar-refractivity contribution is 7.81. The number of piperazine rings is 1. The van der Waals surface area contributed by atoms with Crippen LogP contribution in [0.15, 0.2) is 0 Å². The van der Waals surface area contributed by atoms with Gasteiger partial charge in [0.2, 0.25) is 0 Å². The van der Waals surface area contributed by atoms with Crippen molar-refractivity contribution in [3.63, 3.8) is 0 Å². The number of thiol groups is 1. The Morgan fingerprint density at radius 3 is 2.41 bits per heavy atom. The van der Waals surface area contributed by atoms with E-state index in [0.29, 0.717) is 0 Å². The van der Waals surface area contributed by atoms with Gasteiger partial charge in [-0.2, -0.15) is 18.1 Å². The fraction of sp³-hybridized carbons (Fsp3) is 1.00. The van der Waals surface area contributed by atoms with Gasteiger partial charge in [-0.1, -0.05) is 0 Å². The third kappa shape index (κ3) is 3.81. The molecule has 2 N–H and O–H groups in total. The van der Waals surface area contributed by atoms with Gasteiger partial charge in [-0.05, 0) is 20.8 Å². The van der Waals surface area contributed by atoms with E-state index in [9.17, 15) is 0 Å². The van der Waals surface area contributed by atoms with E-state index in [1.807, 2.05) is 6.92 Å².